The standard InChI is InChI=1S/C24H47NO4/c1-3-5-7-9-11-13-18-26-20-22-28-24(16-15-17-25)29-23-21-27-19-14-12-10-8-6-4-2/h24H,3-16,18-23H2,1-2H3. The summed E-state index contributed by atoms with van der Waals surface area (Å²) in [7, 11) is 0. The molecule has 0 aliphatic rings. The molecule has 5 nitrogen and oxygen atoms in total. The lowest BCUT2D eigenvalue weighted by Crippen LogP contribution is -2.22. The maximum atomic E-state index is 8.80. The van der Waals surface area contributed by atoms with Crippen molar-refractivity contribution in [3.8, 4) is 6.07 Å². The molecule has 0 fully saturated rings. The van der Waals surface area contributed by atoms with E-state index in [4.69, 9.17) is 24.2 Å². The Balaban J connectivity index is 3.53. The van der Waals surface area contributed by atoms with E-state index in [0.29, 0.717) is 39.3 Å². The molecule has 0 atom stereocenters. The van der Waals surface area contributed by atoms with Gasteiger partial charge in [-0.05, 0) is 12.8 Å². The number of nitriles is 1. The lowest BCUT2D eigenvalue weighted by atomic mass is 10.1. The van der Waals surface area contributed by atoms with Crippen LogP contribution in [0.3, 0.4) is 0 Å². The molecule has 0 aromatic heterocycles. The van der Waals surface area contributed by atoms with Crippen molar-refractivity contribution in [1.82, 2.24) is 0 Å². The average Bonchev–Trinajstić information content (AvgIpc) is 2.74. The number of ether oxygens (including phenoxy) is 4. The fourth-order valence-electron chi connectivity index (χ4n) is 3.05. The first-order chi connectivity index (χ1) is 14.3. The van der Waals surface area contributed by atoms with Crippen molar-refractivity contribution in [1.29, 1.82) is 5.26 Å². The Kier molecular flexibility index (Phi) is 24.8. The molecule has 172 valence electrons. The SMILES string of the molecule is CCCCCCCCOCCOC(CCC#N)OCCOCCCCCCCC. The zero-order valence-electron chi connectivity index (χ0n) is 19.3. The molecular weight excluding hydrogens is 366 g/mol. The third-order valence-electron chi connectivity index (χ3n) is 4.84. The Morgan fingerprint density at radius 2 is 1.03 bits per heavy atom. The molecule has 0 rings (SSSR count). The van der Waals surface area contributed by atoms with E-state index in [0.717, 1.165) is 26.1 Å². The first-order valence-corrected chi connectivity index (χ1v) is 12.1. The number of hydrogen-bond acceptors (Lipinski definition) is 5. The lowest BCUT2D eigenvalue weighted by molar-refractivity contribution is -0.160. The summed E-state index contributed by atoms with van der Waals surface area (Å²) in [6.07, 6.45) is 15.9. The van der Waals surface area contributed by atoms with E-state index in [1.165, 1.54) is 64.2 Å². The van der Waals surface area contributed by atoms with Gasteiger partial charge in [-0.25, -0.2) is 0 Å². The largest absolute Gasteiger partial charge is 0.379 e. The molecule has 0 bridgehead atoms. The number of rotatable bonds is 24. The summed E-state index contributed by atoms with van der Waals surface area (Å²) >= 11 is 0. The second kappa shape index (κ2) is 25.4. The number of hydrogen-bond donors (Lipinski definition) is 0. The van der Waals surface area contributed by atoms with Gasteiger partial charge in [0.05, 0.1) is 32.5 Å². The van der Waals surface area contributed by atoms with Gasteiger partial charge >= 0.3 is 0 Å². The highest BCUT2D eigenvalue weighted by molar-refractivity contribution is 4.69. The van der Waals surface area contributed by atoms with E-state index in [9.17, 15) is 0 Å². The molecule has 0 amide bonds. The molecule has 0 N–H and O–H groups in total. The Labute approximate surface area is 180 Å². The first kappa shape index (κ1) is 28.3. The van der Waals surface area contributed by atoms with Gasteiger partial charge in [-0.3, -0.25) is 0 Å². The fourth-order valence-corrected chi connectivity index (χ4v) is 3.05. The van der Waals surface area contributed by atoms with Crippen LogP contribution in [0.4, 0.5) is 0 Å². The Morgan fingerprint density at radius 3 is 1.48 bits per heavy atom. The monoisotopic (exact) mass is 413 g/mol. The van der Waals surface area contributed by atoms with Crippen molar-refractivity contribution in [2.75, 3.05) is 39.6 Å². The second-order valence-corrected chi connectivity index (χ2v) is 7.63. The molecular formula is C24H47NO4. The van der Waals surface area contributed by atoms with Crippen molar-refractivity contribution in [2.45, 2.75) is 110 Å². The zero-order chi connectivity index (χ0) is 21.3. The molecule has 5 heteroatoms. The van der Waals surface area contributed by atoms with Crippen molar-refractivity contribution in [2.24, 2.45) is 0 Å². The third-order valence-corrected chi connectivity index (χ3v) is 4.84. The van der Waals surface area contributed by atoms with E-state index in [2.05, 4.69) is 19.9 Å². The van der Waals surface area contributed by atoms with Gasteiger partial charge in [0.1, 0.15) is 0 Å². The van der Waals surface area contributed by atoms with Crippen LogP contribution in [0, 0.1) is 11.3 Å². The van der Waals surface area contributed by atoms with Gasteiger partial charge in [-0.15, -0.1) is 0 Å². The molecule has 0 aliphatic carbocycles. The molecule has 0 saturated carbocycles. The van der Waals surface area contributed by atoms with Gasteiger partial charge in [-0.2, -0.15) is 5.26 Å². The molecule has 0 aliphatic heterocycles. The van der Waals surface area contributed by atoms with Gasteiger partial charge in [0.2, 0.25) is 0 Å². The van der Waals surface area contributed by atoms with Crippen LogP contribution in [0.25, 0.3) is 0 Å². The lowest BCUT2D eigenvalue weighted by Gasteiger charge is -2.17. The summed E-state index contributed by atoms with van der Waals surface area (Å²) in [5.41, 5.74) is 0. The van der Waals surface area contributed by atoms with Crippen LogP contribution in [0.15, 0.2) is 0 Å². The van der Waals surface area contributed by atoms with Crippen LogP contribution >= 0.6 is 0 Å². The molecule has 0 spiro atoms. The molecule has 29 heavy (non-hydrogen) atoms. The van der Waals surface area contributed by atoms with Crippen LogP contribution < -0.4 is 0 Å². The van der Waals surface area contributed by atoms with Crippen LogP contribution in [0.2, 0.25) is 0 Å². The van der Waals surface area contributed by atoms with E-state index in [1.54, 1.807) is 0 Å². The van der Waals surface area contributed by atoms with Crippen LogP contribution in [0.1, 0.15) is 104 Å². The van der Waals surface area contributed by atoms with Crippen LogP contribution in [0.5, 0.6) is 0 Å². The predicted molar refractivity (Wildman–Crippen MR) is 119 cm³/mol. The normalized spacial score (nSPS) is 11.2. The quantitative estimate of drug-likeness (QED) is 0.135. The van der Waals surface area contributed by atoms with Crippen LogP contribution in [-0.2, 0) is 18.9 Å². The maximum Gasteiger partial charge on any atom is 0.158 e. The highest BCUT2D eigenvalue weighted by Crippen LogP contribution is 2.07. The number of nitrogens with zero attached hydrogens (tertiary/aromatic N) is 1. The average molecular weight is 414 g/mol. The minimum atomic E-state index is -0.343. The summed E-state index contributed by atoms with van der Waals surface area (Å²) in [4.78, 5) is 0. The van der Waals surface area contributed by atoms with E-state index in [1.807, 2.05) is 0 Å². The maximum absolute atomic E-state index is 8.80. The summed E-state index contributed by atoms with van der Waals surface area (Å²) < 4.78 is 22.7. The highest BCUT2D eigenvalue weighted by Gasteiger charge is 2.09. The van der Waals surface area contributed by atoms with Gasteiger partial charge in [0.25, 0.3) is 0 Å². The topological polar surface area (TPSA) is 60.7 Å². The number of unbranched alkanes of at least 4 members (excludes halogenated alkanes) is 10. The molecule has 0 saturated heterocycles. The minimum Gasteiger partial charge on any atom is -0.379 e. The van der Waals surface area contributed by atoms with Crippen molar-refractivity contribution in [3.05, 3.63) is 0 Å². The zero-order valence-corrected chi connectivity index (χ0v) is 19.3. The molecule has 0 radical (unpaired) electrons. The van der Waals surface area contributed by atoms with Gasteiger partial charge in [-0.1, -0.05) is 78.1 Å². The first-order valence-electron chi connectivity index (χ1n) is 12.1. The molecule has 0 heterocycles. The third kappa shape index (κ3) is 23.5. The minimum absolute atomic E-state index is 0.343. The Morgan fingerprint density at radius 1 is 0.586 bits per heavy atom. The highest BCUT2D eigenvalue weighted by atomic mass is 16.7. The fraction of sp³-hybridized carbons (Fsp3) is 0.958. The van der Waals surface area contributed by atoms with E-state index >= 15 is 0 Å². The van der Waals surface area contributed by atoms with Crippen molar-refractivity contribution >= 4 is 0 Å². The van der Waals surface area contributed by atoms with Crippen LogP contribution in [-0.4, -0.2) is 45.9 Å². The smallest absolute Gasteiger partial charge is 0.158 e. The molecule has 0 unspecified atom stereocenters. The summed E-state index contributed by atoms with van der Waals surface area (Å²) in [6, 6.07) is 2.15. The predicted octanol–water partition coefficient (Wildman–Crippen LogP) is 6.40. The van der Waals surface area contributed by atoms with Gasteiger partial charge in [0, 0.05) is 26.1 Å². The summed E-state index contributed by atoms with van der Waals surface area (Å²) in [5.74, 6) is 0. The van der Waals surface area contributed by atoms with Gasteiger partial charge in [0.15, 0.2) is 6.29 Å². The van der Waals surface area contributed by atoms with E-state index < -0.39 is 0 Å². The van der Waals surface area contributed by atoms with Crippen molar-refractivity contribution < 1.29 is 18.9 Å². The molecule has 0 aromatic rings. The summed E-state index contributed by atoms with van der Waals surface area (Å²) in [5, 5.41) is 8.80. The van der Waals surface area contributed by atoms with E-state index in [-0.39, 0.29) is 6.29 Å². The molecule has 0 aromatic carbocycles. The second-order valence-electron chi connectivity index (χ2n) is 7.63. The summed E-state index contributed by atoms with van der Waals surface area (Å²) in [6.45, 7) is 8.23. The van der Waals surface area contributed by atoms with Crippen molar-refractivity contribution in [3.63, 3.8) is 0 Å². The van der Waals surface area contributed by atoms with Gasteiger partial charge < -0.3 is 18.9 Å². The Hall–Kier alpha value is -0.670. The Bertz CT molecular complexity index is 322.